The summed E-state index contributed by atoms with van der Waals surface area (Å²) in [5, 5.41) is 4.27. The van der Waals surface area contributed by atoms with E-state index >= 15 is 0 Å². The molecule has 0 aliphatic carbocycles. The van der Waals surface area contributed by atoms with Crippen LogP contribution in [-0.2, 0) is 6.54 Å². The topological polar surface area (TPSA) is 60.9 Å². The molecule has 0 unspecified atom stereocenters. The Morgan fingerprint density at radius 1 is 1.41 bits per heavy atom. The van der Waals surface area contributed by atoms with Crippen molar-refractivity contribution in [2.75, 3.05) is 0 Å². The van der Waals surface area contributed by atoms with E-state index in [2.05, 4.69) is 21.0 Å². The van der Waals surface area contributed by atoms with Crippen LogP contribution in [0.1, 0.15) is 11.4 Å². The highest BCUT2D eigenvalue weighted by molar-refractivity contribution is 9.10. The van der Waals surface area contributed by atoms with Crippen LogP contribution < -0.4 is 11.2 Å². The molecule has 1 heterocycles. The first-order valence-corrected chi connectivity index (χ1v) is 5.97. The Hall–Kier alpha value is -1.46. The first-order valence-electron chi connectivity index (χ1n) is 5.18. The van der Waals surface area contributed by atoms with Gasteiger partial charge in [0.1, 0.15) is 5.69 Å². The van der Waals surface area contributed by atoms with Gasteiger partial charge < -0.3 is 5.73 Å². The van der Waals surface area contributed by atoms with Gasteiger partial charge in [-0.2, -0.15) is 5.10 Å². The Labute approximate surface area is 107 Å². The first kappa shape index (κ1) is 12.0. The molecule has 5 heteroatoms. The van der Waals surface area contributed by atoms with E-state index in [4.69, 9.17) is 5.73 Å². The average Bonchev–Trinajstić information content (AvgIpc) is 2.31. The quantitative estimate of drug-likeness (QED) is 0.918. The normalized spacial score (nSPS) is 10.5. The van der Waals surface area contributed by atoms with Gasteiger partial charge in [-0.3, -0.25) is 4.79 Å². The van der Waals surface area contributed by atoms with Gasteiger partial charge in [0.25, 0.3) is 0 Å². The van der Waals surface area contributed by atoms with Gasteiger partial charge in [-0.15, -0.1) is 0 Å². The number of hydrogen-bond acceptors (Lipinski definition) is 3. The Morgan fingerprint density at radius 3 is 2.76 bits per heavy atom. The standard InChI is InChI=1S/C12H12BrN3O/c1-8-6-12(17)10(7-14)15-16(8)11-5-3-2-4-9(11)13/h2-6H,7,14H2,1H3. The maximum Gasteiger partial charge on any atom is 0.204 e. The van der Waals surface area contributed by atoms with Crippen LogP contribution in [0.4, 0.5) is 0 Å². The molecule has 0 saturated heterocycles. The van der Waals surface area contributed by atoms with E-state index in [1.165, 1.54) is 0 Å². The van der Waals surface area contributed by atoms with E-state index in [-0.39, 0.29) is 12.0 Å². The van der Waals surface area contributed by atoms with E-state index in [1.54, 1.807) is 10.7 Å². The molecule has 0 aliphatic heterocycles. The second kappa shape index (κ2) is 4.81. The molecule has 0 bridgehead atoms. The van der Waals surface area contributed by atoms with Gasteiger partial charge >= 0.3 is 0 Å². The summed E-state index contributed by atoms with van der Waals surface area (Å²) in [6, 6.07) is 9.25. The summed E-state index contributed by atoms with van der Waals surface area (Å²) < 4.78 is 2.63. The fourth-order valence-corrected chi connectivity index (χ4v) is 2.04. The van der Waals surface area contributed by atoms with Crippen LogP contribution in [0.15, 0.2) is 39.6 Å². The molecular formula is C12H12BrN3O. The molecule has 4 nitrogen and oxygen atoms in total. The summed E-state index contributed by atoms with van der Waals surface area (Å²) in [6.45, 7) is 1.98. The molecule has 0 fully saturated rings. The van der Waals surface area contributed by atoms with Crippen LogP contribution in [0.5, 0.6) is 0 Å². The Balaban J connectivity index is 2.68. The maximum atomic E-state index is 11.6. The lowest BCUT2D eigenvalue weighted by Gasteiger charge is -2.11. The van der Waals surface area contributed by atoms with Crippen LogP contribution in [0.3, 0.4) is 0 Å². The number of aromatic nitrogens is 2. The SMILES string of the molecule is Cc1cc(=O)c(CN)nn1-c1ccccc1Br. The van der Waals surface area contributed by atoms with Gasteiger partial charge in [0.05, 0.1) is 5.69 Å². The number of nitrogens with zero attached hydrogens (tertiary/aromatic N) is 2. The molecule has 0 atom stereocenters. The van der Waals surface area contributed by atoms with Gasteiger partial charge in [-0.25, -0.2) is 4.68 Å². The first-order chi connectivity index (χ1) is 8.13. The molecule has 2 N–H and O–H groups in total. The summed E-state index contributed by atoms with van der Waals surface area (Å²) >= 11 is 3.46. The predicted molar refractivity (Wildman–Crippen MR) is 70.2 cm³/mol. The Kier molecular flexibility index (Phi) is 3.40. The number of para-hydroxylation sites is 1. The molecule has 88 valence electrons. The lowest BCUT2D eigenvalue weighted by atomic mass is 10.3. The van der Waals surface area contributed by atoms with Crippen molar-refractivity contribution < 1.29 is 0 Å². The van der Waals surface area contributed by atoms with Crippen LogP contribution in [0.2, 0.25) is 0 Å². The molecule has 0 amide bonds. The molecule has 0 radical (unpaired) electrons. The molecule has 1 aromatic heterocycles. The van der Waals surface area contributed by atoms with Gasteiger partial charge in [0, 0.05) is 22.8 Å². The highest BCUT2D eigenvalue weighted by atomic mass is 79.9. The Morgan fingerprint density at radius 2 is 2.12 bits per heavy atom. The fraction of sp³-hybridized carbons (Fsp3) is 0.167. The number of halogens is 1. The van der Waals surface area contributed by atoms with Crippen molar-refractivity contribution in [2.24, 2.45) is 5.73 Å². The average molecular weight is 294 g/mol. The summed E-state index contributed by atoms with van der Waals surface area (Å²) in [6.07, 6.45) is 0. The zero-order chi connectivity index (χ0) is 12.4. The van der Waals surface area contributed by atoms with Crippen molar-refractivity contribution in [1.29, 1.82) is 0 Å². The van der Waals surface area contributed by atoms with Crippen molar-refractivity contribution in [3.05, 3.63) is 56.4 Å². The van der Waals surface area contributed by atoms with E-state index in [0.29, 0.717) is 5.69 Å². The number of aryl methyl sites for hydroxylation is 1. The van der Waals surface area contributed by atoms with Crippen molar-refractivity contribution in [1.82, 2.24) is 9.78 Å². The second-order valence-electron chi connectivity index (χ2n) is 3.66. The highest BCUT2D eigenvalue weighted by Gasteiger charge is 2.08. The van der Waals surface area contributed by atoms with E-state index in [0.717, 1.165) is 15.9 Å². The van der Waals surface area contributed by atoms with Crippen LogP contribution in [0, 0.1) is 6.92 Å². The number of benzene rings is 1. The summed E-state index contributed by atoms with van der Waals surface area (Å²) in [7, 11) is 0. The third-order valence-corrected chi connectivity index (χ3v) is 3.12. The van der Waals surface area contributed by atoms with Crippen LogP contribution in [-0.4, -0.2) is 9.78 Å². The third-order valence-electron chi connectivity index (χ3n) is 2.45. The number of nitrogens with two attached hydrogens (primary N) is 1. The summed E-state index contributed by atoms with van der Waals surface area (Å²) in [5.41, 5.74) is 7.41. The van der Waals surface area contributed by atoms with E-state index in [1.807, 2.05) is 31.2 Å². The van der Waals surface area contributed by atoms with Gasteiger partial charge in [0.15, 0.2) is 0 Å². The second-order valence-corrected chi connectivity index (χ2v) is 4.52. The van der Waals surface area contributed by atoms with Crippen molar-refractivity contribution in [3.63, 3.8) is 0 Å². The lowest BCUT2D eigenvalue weighted by Crippen LogP contribution is -2.21. The van der Waals surface area contributed by atoms with Crippen molar-refractivity contribution in [2.45, 2.75) is 13.5 Å². The molecule has 0 saturated carbocycles. The molecule has 2 aromatic rings. The largest absolute Gasteiger partial charge is 0.325 e. The molecule has 17 heavy (non-hydrogen) atoms. The highest BCUT2D eigenvalue weighted by Crippen LogP contribution is 2.20. The minimum absolute atomic E-state index is 0.117. The maximum absolute atomic E-state index is 11.6. The summed E-state index contributed by atoms with van der Waals surface area (Å²) in [5.74, 6) is 0. The number of rotatable bonds is 2. The fourth-order valence-electron chi connectivity index (χ4n) is 1.59. The van der Waals surface area contributed by atoms with Gasteiger partial charge in [0.2, 0.25) is 5.43 Å². The molecule has 1 aromatic carbocycles. The number of hydrogen-bond donors (Lipinski definition) is 1. The van der Waals surface area contributed by atoms with E-state index < -0.39 is 0 Å². The van der Waals surface area contributed by atoms with Crippen molar-refractivity contribution >= 4 is 15.9 Å². The predicted octanol–water partition coefficient (Wildman–Crippen LogP) is 1.76. The lowest BCUT2D eigenvalue weighted by molar-refractivity contribution is 0.748. The van der Waals surface area contributed by atoms with Crippen LogP contribution in [0.25, 0.3) is 5.69 Å². The van der Waals surface area contributed by atoms with Gasteiger partial charge in [-0.1, -0.05) is 12.1 Å². The zero-order valence-electron chi connectivity index (χ0n) is 9.35. The van der Waals surface area contributed by atoms with E-state index in [9.17, 15) is 4.79 Å². The minimum atomic E-state index is -0.117. The Bertz CT molecular complexity index is 607. The smallest absolute Gasteiger partial charge is 0.204 e. The minimum Gasteiger partial charge on any atom is -0.325 e. The molecule has 2 rings (SSSR count). The van der Waals surface area contributed by atoms with Crippen LogP contribution >= 0.6 is 15.9 Å². The third kappa shape index (κ3) is 2.30. The van der Waals surface area contributed by atoms with Crippen molar-refractivity contribution in [3.8, 4) is 5.69 Å². The molecule has 0 spiro atoms. The molecule has 0 aliphatic rings. The molecular weight excluding hydrogens is 282 g/mol. The zero-order valence-corrected chi connectivity index (χ0v) is 10.9. The van der Waals surface area contributed by atoms with Gasteiger partial charge in [-0.05, 0) is 35.0 Å². The summed E-state index contributed by atoms with van der Waals surface area (Å²) in [4.78, 5) is 11.6. The monoisotopic (exact) mass is 293 g/mol.